The van der Waals surface area contributed by atoms with Gasteiger partial charge >= 0.3 is 5.97 Å². The molecule has 150 valence electrons. The molecule has 2 heterocycles. The number of nitrogens with one attached hydrogen (secondary N) is 1. The topological polar surface area (TPSA) is 90.3 Å². The second-order valence-electron chi connectivity index (χ2n) is 6.83. The van der Waals surface area contributed by atoms with Crippen LogP contribution in [0.25, 0.3) is 0 Å². The van der Waals surface area contributed by atoms with Gasteiger partial charge in [-0.1, -0.05) is 23.7 Å². The van der Waals surface area contributed by atoms with E-state index >= 15 is 0 Å². The van der Waals surface area contributed by atoms with Gasteiger partial charge in [-0.25, -0.2) is 4.98 Å². The molecule has 1 N–H and O–H groups in total. The summed E-state index contributed by atoms with van der Waals surface area (Å²) < 4.78 is 18.2. The molecule has 7 nitrogen and oxygen atoms in total. The number of aryl methyl sites for hydroxylation is 1. The molecule has 0 saturated heterocycles. The summed E-state index contributed by atoms with van der Waals surface area (Å²) in [5.74, 6) is -0.575. The zero-order valence-corrected chi connectivity index (χ0v) is 17.5. The SMILES string of the molecule is CCOC(=O)Cn1c(S(C)=O)nc2c(c1=O)N[C@](C)(c1ccc(Cl)cc1)CC2. The van der Waals surface area contributed by atoms with Gasteiger partial charge in [-0.3, -0.25) is 18.4 Å². The molecule has 0 radical (unpaired) electrons. The van der Waals surface area contributed by atoms with Crippen LogP contribution in [0.2, 0.25) is 5.02 Å². The summed E-state index contributed by atoms with van der Waals surface area (Å²) in [5, 5.41) is 4.01. The van der Waals surface area contributed by atoms with E-state index in [0.29, 0.717) is 29.2 Å². The standard InChI is InChI=1S/C19H22ClN3O4S/c1-4-27-15(24)11-23-17(25)16-14(21-18(23)28(3)26)9-10-19(2,22-16)12-5-7-13(20)8-6-12/h5-8,22H,4,9-11H2,1-3H3/t19-,28?/m0/s1. The Balaban J connectivity index is 2.06. The normalized spacial score (nSPS) is 19.4. The van der Waals surface area contributed by atoms with Crippen LogP contribution < -0.4 is 10.9 Å². The Morgan fingerprint density at radius 3 is 2.68 bits per heavy atom. The summed E-state index contributed by atoms with van der Waals surface area (Å²) in [5.41, 5.74) is 0.946. The molecule has 9 heteroatoms. The highest BCUT2D eigenvalue weighted by Gasteiger charge is 2.34. The highest BCUT2D eigenvalue weighted by molar-refractivity contribution is 7.84. The van der Waals surface area contributed by atoms with Crippen LogP contribution in [-0.2, 0) is 38.8 Å². The lowest BCUT2D eigenvalue weighted by Gasteiger charge is -2.37. The third-order valence-electron chi connectivity index (χ3n) is 4.80. The highest BCUT2D eigenvalue weighted by Crippen LogP contribution is 2.35. The molecule has 2 atom stereocenters. The maximum absolute atomic E-state index is 13.1. The summed E-state index contributed by atoms with van der Waals surface area (Å²) in [6, 6.07) is 7.45. The number of esters is 1. The maximum Gasteiger partial charge on any atom is 0.326 e. The second-order valence-corrected chi connectivity index (χ2v) is 8.54. The number of carbonyl (C=O) groups is 1. The van der Waals surface area contributed by atoms with Gasteiger partial charge in [0.15, 0.2) is 0 Å². The number of fused-ring (bicyclic) bond motifs is 1. The molecule has 1 unspecified atom stereocenters. The fourth-order valence-corrected chi connectivity index (χ4v) is 4.14. The van der Waals surface area contributed by atoms with Crippen molar-refractivity contribution in [3.8, 4) is 0 Å². The van der Waals surface area contributed by atoms with Crippen molar-refractivity contribution >= 4 is 34.1 Å². The summed E-state index contributed by atoms with van der Waals surface area (Å²) in [7, 11) is -1.53. The summed E-state index contributed by atoms with van der Waals surface area (Å²) in [6.45, 7) is 3.55. The zero-order valence-electron chi connectivity index (χ0n) is 16.0. The van der Waals surface area contributed by atoms with Gasteiger partial charge in [0.1, 0.15) is 12.2 Å². The molecule has 1 aromatic heterocycles. The predicted molar refractivity (Wildman–Crippen MR) is 108 cm³/mol. The third-order valence-corrected chi connectivity index (χ3v) is 5.88. The Morgan fingerprint density at radius 2 is 2.07 bits per heavy atom. The van der Waals surface area contributed by atoms with Gasteiger partial charge in [0.05, 0.1) is 28.6 Å². The molecule has 0 saturated carbocycles. The van der Waals surface area contributed by atoms with Gasteiger partial charge in [0, 0.05) is 11.3 Å². The average molecular weight is 424 g/mol. The quantitative estimate of drug-likeness (QED) is 0.587. The molecule has 2 aromatic rings. The molecular formula is C19H22ClN3O4S. The molecule has 28 heavy (non-hydrogen) atoms. The van der Waals surface area contributed by atoms with E-state index in [2.05, 4.69) is 10.3 Å². The lowest BCUT2D eigenvalue weighted by molar-refractivity contribution is -0.144. The minimum absolute atomic E-state index is 0.0775. The number of anilines is 1. The van der Waals surface area contributed by atoms with Crippen LogP contribution in [0.4, 0.5) is 5.69 Å². The molecule has 3 rings (SSSR count). The van der Waals surface area contributed by atoms with Crippen LogP contribution in [0.1, 0.15) is 31.5 Å². The van der Waals surface area contributed by atoms with Crippen molar-refractivity contribution in [1.29, 1.82) is 0 Å². The Bertz CT molecular complexity index is 990. The first-order chi connectivity index (χ1) is 13.2. The van der Waals surface area contributed by atoms with Crippen LogP contribution in [0.3, 0.4) is 0 Å². The van der Waals surface area contributed by atoms with Crippen molar-refractivity contribution in [2.45, 2.75) is 43.9 Å². The van der Waals surface area contributed by atoms with Gasteiger partial charge in [-0.05, 0) is 44.4 Å². The monoisotopic (exact) mass is 423 g/mol. The predicted octanol–water partition coefficient (Wildman–Crippen LogP) is 2.47. The first-order valence-corrected chi connectivity index (χ1v) is 10.9. The lowest BCUT2D eigenvalue weighted by Crippen LogP contribution is -2.42. The van der Waals surface area contributed by atoms with Crippen molar-refractivity contribution < 1.29 is 13.7 Å². The summed E-state index contributed by atoms with van der Waals surface area (Å²) in [4.78, 5) is 29.5. The van der Waals surface area contributed by atoms with Crippen LogP contribution in [0.5, 0.6) is 0 Å². The lowest BCUT2D eigenvalue weighted by atomic mass is 9.83. The van der Waals surface area contributed by atoms with E-state index in [1.807, 2.05) is 19.1 Å². The molecule has 1 aliphatic rings. The van der Waals surface area contributed by atoms with E-state index in [1.165, 1.54) is 6.26 Å². The zero-order chi connectivity index (χ0) is 20.5. The number of benzene rings is 1. The Morgan fingerprint density at radius 1 is 1.39 bits per heavy atom. The van der Waals surface area contributed by atoms with Gasteiger partial charge in [-0.2, -0.15) is 0 Å². The van der Waals surface area contributed by atoms with Crippen LogP contribution in [0.15, 0.2) is 34.2 Å². The number of hydrogen-bond donors (Lipinski definition) is 1. The fourth-order valence-electron chi connectivity index (χ4n) is 3.32. The second kappa shape index (κ2) is 8.05. The molecule has 0 fully saturated rings. The molecule has 0 spiro atoms. The maximum atomic E-state index is 13.1. The average Bonchev–Trinajstić information content (AvgIpc) is 2.65. The van der Waals surface area contributed by atoms with Crippen LogP contribution >= 0.6 is 11.6 Å². The number of rotatable bonds is 5. The van der Waals surface area contributed by atoms with Gasteiger partial charge < -0.3 is 10.1 Å². The number of ether oxygens (including phenoxy) is 1. The fraction of sp³-hybridized carbons (Fsp3) is 0.421. The van der Waals surface area contributed by atoms with Gasteiger partial charge in [-0.15, -0.1) is 0 Å². The first kappa shape index (κ1) is 20.5. The Kier molecular flexibility index (Phi) is 5.90. The number of carbonyl (C=O) groups excluding carboxylic acids is 1. The molecule has 0 amide bonds. The minimum atomic E-state index is -1.53. The van der Waals surface area contributed by atoms with Crippen molar-refractivity contribution in [3.05, 3.63) is 50.9 Å². The number of aromatic nitrogens is 2. The van der Waals surface area contributed by atoms with E-state index in [1.54, 1.807) is 19.1 Å². The van der Waals surface area contributed by atoms with E-state index in [4.69, 9.17) is 16.3 Å². The molecule has 1 aliphatic heterocycles. The number of hydrogen-bond acceptors (Lipinski definition) is 6. The number of halogens is 1. The van der Waals surface area contributed by atoms with E-state index in [0.717, 1.165) is 10.1 Å². The smallest absolute Gasteiger partial charge is 0.326 e. The van der Waals surface area contributed by atoms with Crippen molar-refractivity contribution in [2.75, 3.05) is 18.2 Å². The minimum Gasteiger partial charge on any atom is -0.465 e. The van der Waals surface area contributed by atoms with E-state index in [-0.39, 0.29) is 18.3 Å². The molecule has 0 bridgehead atoms. The molecule has 1 aromatic carbocycles. The van der Waals surface area contributed by atoms with Crippen molar-refractivity contribution in [2.24, 2.45) is 0 Å². The Labute approximate surface area is 170 Å². The van der Waals surface area contributed by atoms with E-state index in [9.17, 15) is 13.8 Å². The van der Waals surface area contributed by atoms with Crippen molar-refractivity contribution in [3.63, 3.8) is 0 Å². The Hall–Kier alpha value is -2.19. The highest BCUT2D eigenvalue weighted by atomic mass is 35.5. The van der Waals surface area contributed by atoms with Crippen LogP contribution in [0, 0.1) is 0 Å². The van der Waals surface area contributed by atoms with Crippen molar-refractivity contribution in [1.82, 2.24) is 9.55 Å². The summed E-state index contributed by atoms with van der Waals surface area (Å²) in [6.07, 6.45) is 2.68. The molecule has 0 aliphatic carbocycles. The van der Waals surface area contributed by atoms with Gasteiger partial charge in [0.2, 0.25) is 5.16 Å². The van der Waals surface area contributed by atoms with Crippen LogP contribution in [-0.4, -0.2) is 32.6 Å². The summed E-state index contributed by atoms with van der Waals surface area (Å²) >= 11 is 5.99. The molecular weight excluding hydrogens is 402 g/mol. The van der Waals surface area contributed by atoms with Gasteiger partial charge in [0.25, 0.3) is 5.56 Å². The third kappa shape index (κ3) is 3.98. The number of nitrogens with zero attached hydrogens (tertiary/aromatic N) is 2. The van der Waals surface area contributed by atoms with E-state index < -0.39 is 27.9 Å². The largest absolute Gasteiger partial charge is 0.465 e. The first-order valence-electron chi connectivity index (χ1n) is 8.92.